The number of nitrogens with one attached hydrogen (secondary N) is 2. The van der Waals surface area contributed by atoms with Gasteiger partial charge in [-0.15, -0.1) is 0 Å². The second kappa shape index (κ2) is 8.24. The topological polar surface area (TPSA) is 47.6 Å². The van der Waals surface area contributed by atoms with Crippen LogP contribution in [0, 0.1) is 17.6 Å². The van der Waals surface area contributed by atoms with Gasteiger partial charge in [0.05, 0.1) is 11.4 Å². The summed E-state index contributed by atoms with van der Waals surface area (Å²) in [6, 6.07) is 11.3. The molecule has 5 nitrogen and oxygen atoms in total. The van der Waals surface area contributed by atoms with Crippen molar-refractivity contribution in [1.82, 2.24) is 5.32 Å². The van der Waals surface area contributed by atoms with Crippen LogP contribution in [0.1, 0.15) is 6.42 Å². The van der Waals surface area contributed by atoms with Crippen LogP contribution in [0.15, 0.2) is 42.5 Å². The van der Waals surface area contributed by atoms with Crippen molar-refractivity contribution in [2.45, 2.75) is 6.42 Å². The third kappa shape index (κ3) is 4.67. The zero-order valence-corrected chi connectivity index (χ0v) is 15.5. The molecular formula is C20H24F2N4O. The highest BCUT2D eigenvalue weighted by atomic mass is 19.2. The zero-order chi connectivity index (χ0) is 19.4. The van der Waals surface area contributed by atoms with Crippen LogP contribution in [0.5, 0.6) is 0 Å². The van der Waals surface area contributed by atoms with Crippen LogP contribution < -0.4 is 20.4 Å². The molecule has 7 heteroatoms. The molecule has 2 aromatic rings. The number of rotatable bonds is 5. The lowest BCUT2D eigenvalue weighted by Crippen LogP contribution is -2.34. The summed E-state index contributed by atoms with van der Waals surface area (Å²) in [7, 11) is 3.84. The first kappa shape index (κ1) is 18.9. The van der Waals surface area contributed by atoms with E-state index in [0.717, 1.165) is 30.4 Å². The van der Waals surface area contributed by atoms with Gasteiger partial charge < -0.3 is 20.4 Å². The number of benzene rings is 2. The van der Waals surface area contributed by atoms with E-state index in [1.54, 1.807) is 6.07 Å². The number of hydrogen-bond donors (Lipinski definition) is 2. The van der Waals surface area contributed by atoms with E-state index in [1.165, 1.54) is 6.07 Å². The summed E-state index contributed by atoms with van der Waals surface area (Å²) >= 11 is 0. The summed E-state index contributed by atoms with van der Waals surface area (Å²) < 4.78 is 26.5. The van der Waals surface area contributed by atoms with Gasteiger partial charge in [-0.3, -0.25) is 0 Å². The van der Waals surface area contributed by atoms with Crippen molar-refractivity contribution < 1.29 is 13.6 Å². The fourth-order valence-corrected chi connectivity index (χ4v) is 3.29. The Morgan fingerprint density at radius 3 is 2.70 bits per heavy atom. The van der Waals surface area contributed by atoms with Crippen LogP contribution in [0.2, 0.25) is 0 Å². The Balaban J connectivity index is 1.51. The SMILES string of the molecule is CN(C)c1ccccc1NC(=O)NCC1CCN(c2ccc(F)c(F)c2)C1. The van der Waals surface area contributed by atoms with E-state index in [2.05, 4.69) is 10.6 Å². The Labute approximate surface area is 158 Å². The number of hydrogen-bond acceptors (Lipinski definition) is 3. The first-order valence-electron chi connectivity index (χ1n) is 8.95. The zero-order valence-electron chi connectivity index (χ0n) is 15.5. The van der Waals surface area contributed by atoms with E-state index in [1.807, 2.05) is 48.2 Å². The molecule has 2 N–H and O–H groups in total. The van der Waals surface area contributed by atoms with Crippen LogP contribution in [-0.4, -0.2) is 39.8 Å². The predicted octanol–water partition coefficient (Wildman–Crippen LogP) is 3.68. The third-order valence-electron chi connectivity index (χ3n) is 4.74. The number of anilines is 3. The number of urea groups is 1. The average molecular weight is 374 g/mol. The van der Waals surface area contributed by atoms with Crippen molar-refractivity contribution in [2.24, 2.45) is 5.92 Å². The second-order valence-electron chi connectivity index (χ2n) is 6.95. The van der Waals surface area contributed by atoms with E-state index in [-0.39, 0.29) is 11.9 Å². The largest absolute Gasteiger partial charge is 0.376 e. The maximum absolute atomic E-state index is 13.4. The molecule has 27 heavy (non-hydrogen) atoms. The Hall–Kier alpha value is -2.83. The molecule has 0 radical (unpaired) electrons. The number of halogens is 2. The summed E-state index contributed by atoms with van der Waals surface area (Å²) in [6.07, 6.45) is 0.883. The molecule has 0 aliphatic carbocycles. The van der Waals surface area contributed by atoms with Gasteiger partial charge in [0.2, 0.25) is 0 Å². The summed E-state index contributed by atoms with van der Waals surface area (Å²) in [6.45, 7) is 1.97. The molecule has 144 valence electrons. The van der Waals surface area contributed by atoms with Crippen LogP contribution >= 0.6 is 0 Å². The number of carbonyl (C=O) groups is 1. The lowest BCUT2D eigenvalue weighted by atomic mass is 10.1. The highest BCUT2D eigenvalue weighted by Crippen LogP contribution is 2.25. The van der Waals surface area contributed by atoms with E-state index >= 15 is 0 Å². The van der Waals surface area contributed by atoms with Gasteiger partial charge in [0.25, 0.3) is 0 Å². The van der Waals surface area contributed by atoms with E-state index < -0.39 is 11.6 Å². The fraction of sp³-hybridized carbons (Fsp3) is 0.350. The number of carbonyl (C=O) groups excluding carboxylic acids is 1. The van der Waals surface area contributed by atoms with Crippen molar-refractivity contribution in [1.29, 1.82) is 0 Å². The molecule has 1 heterocycles. The summed E-state index contributed by atoms with van der Waals surface area (Å²) in [5.41, 5.74) is 2.34. The Kier molecular flexibility index (Phi) is 5.78. The average Bonchev–Trinajstić information content (AvgIpc) is 3.11. The Bertz CT molecular complexity index is 812. The van der Waals surface area contributed by atoms with E-state index in [4.69, 9.17) is 0 Å². The van der Waals surface area contributed by atoms with Crippen molar-refractivity contribution in [3.63, 3.8) is 0 Å². The molecule has 0 saturated carbocycles. The van der Waals surface area contributed by atoms with Gasteiger partial charge in [0.15, 0.2) is 11.6 Å². The molecule has 1 aliphatic rings. The smallest absolute Gasteiger partial charge is 0.319 e. The molecule has 1 atom stereocenters. The van der Waals surface area contributed by atoms with E-state index in [9.17, 15) is 13.6 Å². The monoisotopic (exact) mass is 374 g/mol. The minimum atomic E-state index is -0.842. The molecule has 1 unspecified atom stereocenters. The maximum Gasteiger partial charge on any atom is 0.319 e. The first-order valence-corrected chi connectivity index (χ1v) is 8.95. The molecule has 1 fully saturated rings. The van der Waals surface area contributed by atoms with Crippen LogP contribution in [0.3, 0.4) is 0 Å². The highest BCUT2D eigenvalue weighted by Gasteiger charge is 2.24. The third-order valence-corrected chi connectivity index (χ3v) is 4.74. The summed E-state index contributed by atoms with van der Waals surface area (Å²) in [4.78, 5) is 16.2. The van der Waals surface area contributed by atoms with Crippen LogP contribution in [0.25, 0.3) is 0 Å². The number of amides is 2. The van der Waals surface area contributed by atoms with Crippen LogP contribution in [-0.2, 0) is 0 Å². The molecule has 2 amide bonds. The van der Waals surface area contributed by atoms with Crippen LogP contribution in [0.4, 0.5) is 30.6 Å². The summed E-state index contributed by atoms with van der Waals surface area (Å²) in [5.74, 6) is -1.42. The molecule has 0 spiro atoms. The fourth-order valence-electron chi connectivity index (χ4n) is 3.29. The van der Waals surface area contributed by atoms with Gasteiger partial charge in [0, 0.05) is 45.5 Å². The molecule has 1 aliphatic heterocycles. The maximum atomic E-state index is 13.4. The lowest BCUT2D eigenvalue weighted by molar-refractivity contribution is 0.250. The van der Waals surface area contributed by atoms with Crippen molar-refractivity contribution in [3.8, 4) is 0 Å². The summed E-state index contributed by atoms with van der Waals surface area (Å²) in [5, 5.41) is 5.78. The Morgan fingerprint density at radius 1 is 1.19 bits per heavy atom. The standard InChI is InChI=1S/C20H24F2N4O/c1-25(2)19-6-4-3-5-18(19)24-20(27)23-12-14-9-10-26(13-14)15-7-8-16(21)17(22)11-15/h3-8,11,14H,9-10,12-13H2,1-2H3,(H2,23,24,27). The quantitative estimate of drug-likeness (QED) is 0.839. The highest BCUT2D eigenvalue weighted by molar-refractivity contribution is 5.93. The van der Waals surface area contributed by atoms with Gasteiger partial charge >= 0.3 is 6.03 Å². The molecule has 1 saturated heterocycles. The molecule has 3 rings (SSSR count). The van der Waals surface area contributed by atoms with Gasteiger partial charge in [-0.2, -0.15) is 0 Å². The van der Waals surface area contributed by atoms with Gasteiger partial charge in [-0.05, 0) is 36.6 Å². The van der Waals surface area contributed by atoms with Gasteiger partial charge in [-0.25, -0.2) is 13.6 Å². The number of para-hydroxylation sites is 2. The van der Waals surface area contributed by atoms with Crippen molar-refractivity contribution in [2.75, 3.05) is 48.8 Å². The predicted molar refractivity (Wildman–Crippen MR) is 104 cm³/mol. The minimum absolute atomic E-state index is 0.254. The molecule has 0 bridgehead atoms. The first-order chi connectivity index (χ1) is 12.9. The van der Waals surface area contributed by atoms with Crippen molar-refractivity contribution in [3.05, 3.63) is 54.1 Å². The van der Waals surface area contributed by atoms with Gasteiger partial charge in [-0.1, -0.05) is 12.1 Å². The van der Waals surface area contributed by atoms with Crippen molar-refractivity contribution >= 4 is 23.1 Å². The second-order valence-corrected chi connectivity index (χ2v) is 6.95. The van der Waals surface area contributed by atoms with E-state index in [0.29, 0.717) is 18.8 Å². The minimum Gasteiger partial charge on any atom is -0.376 e. The molecule has 0 aromatic heterocycles. The number of nitrogens with zero attached hydrogens (tertiary/aromatic N) is 2. The lowest BCUT2D eigenvalue weighted by Gasteiger charge is -2.20. The molecular weight excluding hydrogens is 350 g/mol. The Morgan fingerprint density at radius 2 is 1.96 bits per heavy atom. The molecule has 2 aromatic carbocycles. The van der Waals surface area contributed by atoms with Gasteiger partial charge in [0.1, 0.15) is 0 Å². The normalized spacial score (nSPS) is 16.3.